The molecule has 1 unspecified atom stereocenters. The van der Waals surface area contributed by atoms with Crippen LogP contribution in [-0.4, -0.2) is 0 Å². The first kappa shape index (κ1) is 17.7. The molecule has 0 amide bonds. The summed E-state index contributed by atoms with van der Waals surface area (Å²) in [5.41, 5.74) is 2.22. The molecule has 2 rings (SSSR count). The first-order chi connectivity index (χ1) is 10.9. The van der Waals surface area contributed by atoms with Crippen LogP contribution >= 0.6 is 0 Å². The van der Waals surface area contributed by atoms with Gasteiger partial charge in [-0.15, -0.1) is 0 Å². The highest BCUT2D eigenvalue weighted by Crippen LogP contribution is 2.29. The minimum atomic E-state index is -0.179. The van der Waals surface area contributed by atoms with Crippen molar-refractivity contribution in [2.45, 2.75) is 46.5 Å². The quantitative estimate of drug-likeness (QED) is 0.600. The highest BCUT2D eigenvalue weighted by Gasteiger charge is 2.18. The molecule has 2 aromatic carbocycles. The Bertz CT molecular complexity index is 646. The summed E-state index contributed by atoms with van der Waals surface area (Å²) in [7, 11) is 0. The van der Waals surface area contributed by atoms with Crippen molar-refractivity contribution in [2.75, 3.05) is 0 Å². The molecule has 0 spiro atoms. The van der Waals surface area contributed by atoms with Crippen LogP contribution in [-0.2, 0) is 12.8 Å². The second-order valence-electron chi connectivity index (χ2n) is 6.96. The van der Waals surface area contributed by atoms with Crippen molar-refractivity contribution in [2.24, 2.45) is 11.8 Å². The lowest BCUT2D eigenvalue weighted by atomic mass is 9.87. The number of hydrogen-bond acceptors (Lipinski definition) is 0. The van der Waals surface area contributed by atoms with Gasteiger partial charge in [0.15, 0.2) is 0 Å². The van der Waals surface area contributed by atoms with Crippen molar-refractivity contribution >= 4 is 0 Å². The van der Waals surface area contributed by atoms with Crippen LogP contribution < -0.4 is 0 Å². The second kappa shape index (κ2) is 7.72. The van der Waals surface area contributed by atoms with E-state index in [2.05, 4.69) is 20.8 Å². The van der Waals surface area contributed by atoms with Crippen molar-refractivity contribution in [3.8, 4) is 0 Å². The fourth-order valence-electron chi connectivity index (χ4n) is 2.96. The van der Waals surface area contributed by atoms with E-state index in [1.54, 1.807) is 12.1 Å². The van der Waals surface area contributed by atoms with Gasteiger partial charge in [-0.1, -0.05) is 64.1 Å². The SMILES string of the molecule is CC(Cc1ccccc1F)Cc1cccc([C@@H](C)C(C)C)c1F. The maximum Gasteiger partial charge on any atom is 0.129 e. The zero-order chi connectivity index (χ0) is 17.0. The molecule has 0 N–H and O–H groups in total. The molecule has 23 heavy (non-hydrogen) atoms. The Morgan fingerprint density at radius 2 is 1.39 bits per heavy atom. The predicted molar refractivity (Wildman–Crippen MR) is 92.6 cm³/mol. The zero-order valence-corrected chi connectivity index (χ0v) is 14.4. The summed E-state index contributed by atoms with van der Waals surface area (Å²) < 4.78 is 28.5. The van der Waals surface area contributed by atoms with Crippen molar-refractivity contribution in [3.63, 3.8) is 0 Å². The van der Waals surface area contributed by atoms with Crippen molar-refractivity contribution in [3.05, 3.63) is 70.8 Å². The third-order valence-corrected chi connectivity index (χ3v) is 4.69. The average Bonchev–Trinajstić information content (AvgIpc) is 2.51. The molecule has 0 aliphatic carbocycles. The fraction of sp³-hybridized carbons (Fsp3) is 0.429. The van der Waals surface area contributed by atoms with Gasteiger partial charge in [-0.05, 0) is 53.4 Å². The Kier molecular flexibility index (Phi) is 5.92. The molecule has 0 heterocycles. The van der Waals surface area contributed by atoms with Gasteiger partial charge in [0.2, 0.25) is 0 Å². The summed E-state index contributed by atoms with van der Waals surface area (Å²) in [6, 6.07) is 12.5. The van der Waals surface area contributed by atoms with Gasteiger partial charge in [0, 0.05) is 0 Å². The van der Waals surface area contributed by atoms with E-state index >= 15 is 0 Å². The Balaban J connectivity index is 2.14. The predicted octanol–water partition coefficient (Wildman–Crippen LogP) is 6.15. The number of halogens is 2. The molecule has 0 saturated carbocycles. The van der Waals surface area contributed by atoms with Crippen LogP contribution in [0.3, 0.4) is 0 Å². The van der Waals surface area contributed by atoms with Crippen molar-refractivity contribution in [1.29, 1.82) is 0 Å². The van der Waals surface area contributed by atoms with Gasteiger partial charge in [0.05, 0.1) is 0 Å². The zero-order valence-electron chi connectivity index (χ0n) is 14.4. The van der Waals surface area contributed by atoms with Crippen LogP contribution in [0.2, 0.25) is 0 Å². The van der Waals surface area contributed by atoms with Gasteiger partial charge in [-0.2, -0.15) is 0 Å². The third-order valence-electron chi connectivity index (χ3n) is 4.69. The van der Waals surface area contributed by atoms with Crippen molar-refractivity contribution in [1.82, 2.24) is 0 Å². The highest BCUT2D eigenvalue weighted by atomic mass is 19.1. The van der Waals surface area contributed by atoms with Gasteiger partial charge < -0.3 is 0 Å². The summed E-state index contributed by atoms with van der Waals surface area (Å²) >= 11 is 0. The van der Waals surface area contributed by atoms with E-state index in [1.165, 1.54) is 6.07 Å². The molecule has 0 aromatic heterocycles. The molecule has 124 valence electrons. The Hall–Kier alpha value is -1.70. The summed E-state index contributed by atoms with van der Waals surface area (Å²) in [5.74, 6) is 0.509. The number of rotatable bonds is 6. The summed E-state index contributed by atoms with van der Waals surface area (Å²) in [6.45, 7) is 8.33. The van der Waals surface area contributed by atoms with Gasteiger partial charge in [0.1, 0.15) is 11.6 Å². The Labute approximate surface area is 138 Å². The normalized spacial score (nSPS) is 14.0. The molecule has 0 aliphatic rings. The second-order valence-corrected chi connectivity index (χ2v) is 6.96. The molecule has 2 aromatic rings. The molecule has 0 bridgehead atoms. The lowest BCUT2D eigenvalue weighted by Gasteiger charge is -2.19. The maximum atomic E-state index is 14.8. The highest BCUT2D eigenvalue weighted by molar-refractivity contribution is 5.29. The van der Waals surface area contributed by atoms with Crippen molar-refractivity contribution < 1.29 is 8.78 Å². The summed E-state index contributed by atoms with van der Waals surface area (Å²) in [5, 5.41) is 0. The molecule has 0 fully saturated rings. The Morgan fingerprint density at radius 3 is 2.04 bits per heavy atom. The molecular formula is C21H26F2. The van der Waals surface area contributed by atoms with E-state index in [0.29, 0.717) is 24.3 Å². The van der Waals surface area contributed by atoms with E-state index in [-0.39, 0.29) is 23.5 Å². The van der Waals surface area contributed by atoms with Crippen LogP contribution in [0, 0.1) is 23.5 Å². The van der Waals surface area contributed by atoms with Crippen LogP contribution in [0.4, 0.5) is 8.78 Å². The molecule has 2 heteroatoms. The smallest absolute Gasteiger partial charge is 0.129 e. The van der Waals surface area contributed by atoms with E-state index in [0.717, 1.165) is 11.1 Å². The van der Waals surface area contributed by atoms with Gasteiger partial charge in [-0.25, -0.2) is 8.78 Å². The standard InChI is InChI=1S/C21H26F2/c1-14(2)16(4)19-10-7-9-18(21(19)23)13-15(3)12-17-8-5-6-11-20(17)22/h5-11,14-16H,12-13H2,1-4H3/t15?,16-/m0/s1. The largest absolute Gasteiger partial charge is 0.207 e. The molecule has 0 aliphatic heterocycles. The van der Waals surface area contributed by atoms with Gasteiger partial charge >= 0.3 is 0 Å². The first-order valence-corrected chi connectivity index (χ1v) is 8.40. The average molecular weight is 316 g/mol. The third kappa shape index (κ3) is 4.40. The molecule has 0 saturated heterocycles. The fourth-order valence-corrected chi connectivity index (χ4v) is 2.96. The van der Waals surface area contributed by atoms with Crippen LogP contribution in [0.1, 0.15) is 50.3 Å². The van der Waals surface area contributed by atoms with Crippen LogP contribution in [0.15, 0.2) is 42.5 Å². The van der Waals surface area contributed by atoms with Gasteiger partial charge in [-0.3, -0.25) is 0 Å². The summed E-state index contributed by atoms with van der Waals surface area (Å²) in [4.78, 5) is 0. The topological polar surface area (TPSA) is 0 Å². The number of hydrogen-bond donors (Lipinski definition) is 0. The van der Waals surface area contributed by atoms with E-state index in [1.807, 2.05) is 31.2 Å². The first-order valence-electron chi connectivity index (χ1n) is 8.40. The summed E-state index contributed by atoms with van der Waals surface area (Å²) in [6.07, 6.45) is 1.24. The Morgan fingerprint density at radius 1 is 0.783 bits per heavy atom. The lowest BCUT2D eigenvalue weighted by Crippen LogP contribution is -2.10. The lowest BCUT2D eigenvalue weighted by molar-refractivity contribution is 0.485. The monoisotopic (exact) mass is 316 g/mol. The van der Waals surface area contributed by atoms with E-state index in [9.17, 15) is 8.78 Å². The van der Waals surface area contributed by atoms with Crippen LogP contribution in [0.5, 0.6) is 0 Å². The molecule has 0 nitrogen and oxygen atoms in total. The van der Waals surface area contributed by atoms with Crippen LogP contribution in [0.25, 0.3) is 0 Å². The maximum absolute atomic E-state index is 14.8. The molecule has 2 atom stereocenters. The van der Waals surface area contributed by atoms with E-state index in [4.69, 9.17) is 0 Å². The molecule has 0 radical (unpaired) electrons. The molecular weight excluding hydrogens is 290 g/mol. The van der Waals surface area contributed by atoms with Gasteiger partial charge in [0.25, 0.3) is 0 Å². The minimum absolute atomic E-state index is 0.0888. The van der Waals surface area contributed by atoms with E-state index < -0.39 is 0 Å². The number of benzene rings is 2. The minimum Gasteiger partial charge on any atom is -0.207 e.